The zero-order valence-electron chi connectivity index (χ0n) is 20.8. The molecule has 10 heteroatoms. The molecule has 0 unspecified atom stereocenters. The minimum absolute atomic E-state index is 0.224. The van der Waals surface area contributed by atoms with Crippen LogP contribution in [0.4, 0.5) is 10.5 Å². The Hall–Kier alpha value is -3.02. The molecule has 0 bridgehead atoms. The molecule has 7 nitrogen and oxygen atoms in total. The number of carbonyl (C=O) groups excluding carboxylic acids is 3. The number of nitrogens with one attached hydrogen (secondary N) is 1. The van der Waals surface area contributed by atoms with E-state index in [1.54, 1.807) is 24.3 Å². The fraction of sp³-hybridized carbons (Fsp3) is 0.179. The topological polar surface area (TPSA) is 84.9 Å². The van der Waals surface area contributed by atoms with Crippen LogP contribution in [0.25, 0.3) is 6.08 Å². The van der Waals surface area contributed by atoms with Crippen LogP contribution in [0, 0.1) is 17.4 Å². The Balaban J connectivity index is 1.47. The number of halogens is 2. The van der Waals surface area contributed by atoms with Gasteiger partial charge in [0, 0.05) is 10.7 Å². The summed E-state index contributed by atoms with van der Waals surface area (Å²) in [5.41, 5.74) is 4.15. The minimum Gasteiger partial charge on any atom is -0.493 e. The van der Waals surface area contributed by atoms with E-state index in [2.05, 4.69) is 27.9 Å². The maximum absolute atomic E-state index is 13.0. The second kappa shape index (κ2) is 12.2. The van der Waals surface area contributed by atoms with Crippen molar-refractivity contribution in [3.63, 3.8) is 0 Å². The predicted octanol–water partition coefficient (Wildman–Crippen LogP) is 6.82. The van der Waals surface area contributed by atoms with Crippen LogP contribution < -0.4 is 14.8 Å². The number of carbonyl (C=O) groups is 3. The standard InChI is InChI=1S/C28H24ClIN2O5S/c1-16-4-5-17(2)22(10-16)31-25(33)14-32-27(34)24(38-28(32)35)13-19-11-21(30)26(23(12-19)36-3)37-15-18-6-8-20(29)9-7-18/h4-13H,14-15H2,1-3H3,(H,31,33)/b24-13+. The second-order valence-corrected chi connectivity index (χ2v) is 11.2. The summed E-state index contributed by atoms with van der Waals surface area (Å²) in [5, 5.41) is 2.94. The number of aryl methyl sites for hydroxylation is 2. The summed E-state index contributed by atoms with van der Waals surface area (Å²) < 4.78 is 12.3. The van der Waals surface area contributed by atoms with Gasteiger partial charge in [-0.2, -0.15) is 0 Å². The normalized spacial score (nSPS) is 14.2. The molecule has 1 aliphatic rings. The summed E-state index contributed by atoms with van der Waals surface area (Å²) in [6.07, 6.45) is 1.61. The molecule has 0 aliphatic carbocycles. The molecular formula is C28H24ClIN2O5S. The van der Waals surface area contributed by atoms with E-state index in [0.29, 0.717) is 34.4 Å². The molecule has 3 amide bonds. The third-order valence-corrected chi connectivity index (χ3v) is 7.65. The summed E-state index contributed by atoms with van der Waals surface area (Å²) in [5.74, 6) is 0.0921. The van der Waals surface area contributed by atoms with Crippen molar-refractivity contribution in [2.75, 3.05) is 19.0 Å². The monoisotopic (exact) mass is 662 g/mol. The fourth-order valence-corrected chi connectivity index (χ4v) is 5.44. The average Bonchev–Trinajstić information content (AvgIpc) is 3.13. The zero-order chi connectivity index (χ0) is 27.4. The molecule has 38 heavy (non-hydrogen) atoms. The van der Waals surface area contributed by atoms with Crippen LogP contribution in [0.2, 0.25) is 5.02 Å². The summed E-state index contributed by atoms with van der Waals surface area (Å²) in [4.78, 5) is 39.3. The van der Waals surface area contributed by atoms with Gasteiger partial charge in [-0.15, -0.1) is 0 Å². The second-order valence-electron chi connectivity index (χ2n) is 8.58. The lowest BCUT2D eigenvalue weighted by molar-refractivity contribution is -0.127. The highest BCUT2D eigenvalue weighted by Gasteiger charge is 2.36. The fourth-order valence-electron chi connectivity index (χ4n) is 3.69. The Kier molecular flexibility index (Phi) is 9.01. The Morgan fingerprint density at radius 2 is 1.84 bits per heavy atom. The van der Waals surface area contributed by atoms with Crippen molar-refractivity contribution >= 4 is 74.8 Å². The van der Waals surface area contributed by atoms with Gasteiger partial charge in [0.05, 0.1) is 15.6 Å². The minimum atomic E-state index is -0.520. The molecule has 0 saturated carbocycles. The molecule has 0 spiro atoms. The third-order valence-electron chi connectivity index (χ3n) is 5.69. The van der Waals surface area contributed by atoms with E-state index < -0.39 is 17.1 Å². The summed E-state index contributed by atoms with van der Waals surface area (Å²) >= 11 is 8.88. The van der Waals surface area contributed by atoms with E-state index in [1.807, 2.05) is 50.2 Å². The van der Waals surface area contributed by atoms with Gasteiger partial charge in [-0.05, 0) is 107 Å². The molecule has 1 N–H and O–H groups in total. The molecule has 1 heterocycles. The summed E-state index contributed by atoms with van der Waals surface area (Å²) in [7, 11) is 1.53. The first kappa shape index (κ1) is 28.0. The van der Waals surface area contributed by atoms with Crippen LogP contribution in [-0.4, -0.2) is 35.6 Å². The van der Waals surface area contributed by atoms with Crippen LogP contribution in [0.5, 0.6) is 11.5 Å². The van der Waals surface area contributed by atoms with Gasteiger partial charge in [-0.3, -0.25) is 19.3 Å². The number of anilines is 1. The molecule has 1 aliphatic heterocycles. The van der Waals surface area contributed by atoms with Crippen molar-refractivity contribution in [1.29, 1.82) is 0 Å². The Bertz CT molecular complexity index is 1440. The van der Waals surface area contributed by atoms with Gasteiger partial charge in [0.1, 0.15) is 13.2 Å². The maximum atomic E-state index is 13.0. The van der Waals surface area contributed by atoms with Gasteiger partial charge < -0.3 is 14.8 Å². The molecule has 3 aromatic rings. The molecular weight excluding hydrogens is 639 g/mol. The van der Waals surface area contributed by atoms with Crippen LogP contribution in [0.15, 0.2) is 59.5 Å². The van der Waals surface area contributed by atoms with Gasteiger partial charge in [0.25, 0.3) is 11.1 Å². The summed E-state index contributed by atoms with van der Waals surface area (Å²) in [6.45, 7) is 3.76. The number of rotatable bonds is 8. The number of thioether (sulfide) groups is 1. The summed E-state index contributed by atoms with van der Waals surface area (Å²) in [6, 6.07) is 16.6. The van der Waals surface area contributed by atoms with Crippen LogP contribution in [0.1, 0.15) is 22.3 Å². The van der Waals surface area contributed by atoms with Crippen molar-refractivity contribution in [3.05, 3.63) is 90.3 Å². The first-order valence-corrected chi connectivity index (χ1v) is 13.8. The third kappa shape index (κ3) is 6.69. The van der Waals surface area contributed by atoms with E-state index in [9.17, 15) is 14.4 Å². The molecule has 0 atom stereocenters. The number of benzene rings is 3. The van der Waals surface area contributed by atoms with Crippen molar-refractivity contribution in [2.45, 2.75) is 20.5 Å². The van der Waals surface area contributed by atoms with E-state index in [0.717, 1.165) is 36.9 Å². The first-order valence-electron chi connectivity index (χ1n) is 11.5. The van der Waals surface area contributed by atoms with Gasteiger partial charge in [-0.25, -0.2) is 0 Å². The number of nitrogens with zero attached hydrogens (tertiary/aromatic N) is 1. The van der Waals surface area contributed by atoms with E-state index in [-0.39, 0.29) is 11.4 Å². The highest BCUT2D eigenvalue weighted by molar-refractivity contribution is 14.1. The van der Waals surface area contributed by atoms with Gasteiger partial charge in [0.15, 0.2) is 11.5 Å². The number of imide groups is 1. The van der Waals surface area contributed by atoms with E-state index in [1.165, 1.54) is 7.11 Å². The van der Waals surface area contributed by atoms with Crippen molar-refractivity contribution < 1.29 is 23.9 Å². The largest absolute Gasteiger partial charge is 0.493 e. The number of methoxy groups -OCH3 is 1. The van der Waals surface area contributed by atoms with Crippen molar-refractivity contribution in [2.24, 2.45) is 0 Å². The van der Waals surface area contributed by atoms with E-state index in [4.69, 9.17) is 21.1 Å². The quantitative estimate of drug-likeness (QED) is 0.211. The highest BCUT2D eigenvalue weighted by atomic mass is 127. The first-order chi connectivity index (χ1) is 18.1. The lowest BCUT2D eigenvalue weighted by atomic mass is 10.1. The smallest absolute Gasteiger partial charge is 0.294 e. The number of ether oxygens (including phenoxy) is 2. The Morgan fingerprint density at radius 3 is 2.55 bits per heavy atom. The van der Waals surface area contributed by atoms with Gasteiger partial charge >= 0.3 is 0 Å². The van der Waals surface area contributed by atoms with Crippen molar-refractivity contribution in [3.8, 4) is 11.5 Å². The lowest BCUT2D eigenvalue weighted by Gasteiger charge is -2.14. The molecule has 196 valence electrons. The molecule has 1 fully saturated rings. The molecule has 0 radical (unpaired) electrons. The SMILES string of the molecule is COc1cc(/C=C2/SC(=O)N(CC(=O)Nc3cc(C)ccc3C)C2=O)cc(I)c1OCc1ccc(Cl)cc1. The highest BCUT2D eigenvalue weighted by Crippen LogP contribution is 2.37. The van der Waals surface area contributed by atoms with Gasteiger partial charge in [0.2, 0.25) is 5.91 Å². The van der Waals surface area contributed by atoms with Crippen LogP contribution in [0.3, 0.4) is 0 Å². The number of amides is 3. The maximum Gasteiger partial charge on any atom is 0.294 e. The molecule has 3 aromatic carbocycles. The number of hydrogen-bond acceptors (Lipinski definition) is 6. The van der Waals surface area contributed by atoms with Gasteiger partial charge in [-0.1, -0.05) is 35.9 Å². The Morgan fingerprint density at radius 1 is 1.11 bits per heavy atom. The van der Waals surface area contributed by atoms with E-state index >= 15 is 0 Å². The average molecular weight is 663 g/mol. The van der Waals surface area contributed by atoms with Crippen LogP contribution >= 0.6 is 46.0 Å². The van der Waals surface area contributed by atoms with Crippen LogP contribution in [-0.2, 0) is 16.2 Å². The molecule has 1 saturated heterocycles. The van der Waals surface area contributed by atoms with Crippen molar-refractivity contribution in [1.82, 2.24) is 4.90 Å². The number of hydrogen-bond donors (Lipinski definition) is 1. The predicted molar refractivity (Wildman–Crippen MR) is 159 cm³/mol. The zero-order valence-corrected chi connectivity index (χ0v) is 24.6. The molecule has 0 aromatic heterocycles. The molecule has 4 rings (SSSR count). The Labute approximate surface area is 243 Å². The lowest BCUT2D eigenvalue weighted by Crippen LogP contribution is -2.36.